The minimum Gasteiger partial charge on any atom is -0.391 e. The molecule has 0 spiro atoms. The lowest BCUT2D eigenvalue weighted by molar-refractivity contribution is -0.337. The molecule has 0 bridgehead atoms. The van der Waals surface area contributed by atoms with Gasteiger partial charge in [0.15, 0.2) is 6.29 Å². The Labute approximate surface area is 521 Å². The standard InChI is InChI=1S/C60H117NO25P2/c1-3-5-7-9-11-13-15-17-18-19-20-21-22-23-25-27-29-31-33-35-37-42(63)59(76)61-40(41(62)36-34-32-30-28-26-24-16-14-12-10-8-6-4-2)38-81-87(77,78)86-58-54(74)50(70)49(69)53(73)57(58)84-60-55(75)45(65)44(64)43(83-60)39-82-88(79,80)85-56-51(71)47(67)46(66)48(68)52(56)72/h40-58,60,62-75H,3-39H2,1-2H3,(H,61,76)(H,77,78)(H,79,80). The fourth-order valence-corrected chi connectivity index (χ4v) is 13.6. The number of nitrogens with one attached hydrogen (secondary N) is 1. The fourth-order valence-electron chi connectivity index (χ4n) is 11.6. The van der Waals surface area contributed by atoms with E-state index in [0.29, 0.717) is 12.8 Å². The Hall–Kier alpha value is -0.950. The Morgan fingerprint density at radius 2 is 0.727 bits per heavy atom. The van der Waals surface area contributed by atoms with E-state index >= 15 is 0 Å². The van der Waals surface area contributed by atoms with Gasteiger partial charge in [-0.05, 0) is 12.8 Å². The highest BCUT2D eigenvalue weighted by atomic mass is 31.2. The molecule has 28 heteroatoms. The zero-order valence-corrected chi connectivity index (χ0v) is 54.2. The summed E-state index contributed by atoms with van der Waals surface area (Å²) in [5, 5.41) is 151. The zero-order chi connectivity index (χ0) is 65.2. The lowest BCUT2D eigenvalue weighted by atomic mass is 9.84. The number of carbonyl (C=O) groups is 1. The first-order valence-electron chi connectivity index (χ1n) is 33.3. The van der Waals surface area contributed by atoms with Crippen molar-refractivity contribution in [1.82, 2.24) is 5.32 Å². The Morgan fingerprint density at radius 1 is 0.409 bits per heavy atom. The molecule has 0 aromatic rings. The van der Waals surface area contributed by atoms with E-state index in [4.69, 9.17) is 27.6 Å². The van der Waals surface area contributed by atoms with Crippen LogP contribution in [-0.2, 0) is 41.5 Å². The molecule has 0 aromatic heterocycles. The van der Waals surface area contributed by atoms with Crippen LogP contribution in [0.2, 0.25) is 0 Å². The molecule has 2 saturated carbocycles. The molecule has 3 aliphatic rings. The van der Waals surface area contributed by atoms with Crippen LogP contribution in [0.15, 0.2) is 0 Å². The third kappa shape index (κ3) is 29.8. The number of hydrogen-bond donors (Lipinski definition) is 17. The maximum atomic E-state index is 13.8. The van der Waals surface area contributed by atoms with Gasteiger partial charge in [0, 0.05) is 0 Å². The third-order valence-corrected chi connectivity index (χ3v) is 19.4. The van der Waals surface area contributed by atoms with Crippen molar-refractivity contribution < 1.29 is 123 Å². The predicted molar refractivity (Wildman–Crippen MR) is 324 cm³/mol. The Balaban J connectivity index is 1.59. The van der Waals surface area contributed by atoms with Crippen molar-refractivity contribution >= 4 is 21.6 Å². The van der Waals surface area contributed by atoms with Gasteiger partial charge >= 0.3 is 15.6 Å². The van der Waals surface area contributed by atoms with Crippen LogP contribution in [-0.4, -0.2) is 223 Å². The summed E-state index contributed by atoms with van der Waals surface area (Å²) in [4.78, 5) is 35.0. The minimum absolute atomic E-state index is 0.104. The van der Waals surface area contributed by atoms with Crippen molar-refractivity contribution in [2.24, 2.45) is 0 Å². The summed E-state index contributed by atoms with van der Waals surface area (Å²) in [6.45, 7) is 2.26. The molecule has 17 N–H and O–H groups in total. The van der Waals surface area contributed by atoms with Crippen LogP contribution in [0.25, 0.3) is 0 Å². The fraction of sp³-hybridized carbons (Fsp3) is 0.983. The molecule has 522 valence electrons. The molecule has 26 nitrogen and oxygen atoms in total. The number of phosphoric ester groups is 2. The van der Waals surface area contributed by atoms with Crippen LogP contribution in [0.5, 0.6) is 0 Å². The highest BCUT2D eigenvalue weighted by molar-refractivity contribution is 7.47. The lowest BCUT2D eigenvalue weighted by Crippen LogP contribution is -2.67. The molecule has 1 saturated heterocycles. The van der Waals surface area contributed by atoms with Gasteiger partial charge < -0.3 is 96.1 Å². The van der Waals surface area contributed by atoms with E-state index in [-0.39, 0.29) is 12.8 Å². The van der Waals surface area contributed by atoms with Crippen molar-refractivity contribution in [3.8, 4) is 0 Å². The van der Waals surface area contributed by atoms with Gasteiger partial charge in [-0.2, -0.15) is 0 Å². The molecule has 1 amide bonds. The molecule has 88 heavy (non-hydrogen) atoms. The summed E-state index contributed by atoms with van der Waals surface area (Å²) in [7, 11) is -11.1. The molecule has 0 radical (unpaired) electrons. The Kier molecular flexibility index (Phi) is 41.3. The second kappa shape index (κ2) is 44.7. The molecule has 3 fully saturated rings. The van der Waals surface area contributed by atoms with E-state index in [9.17, 15) is 95.2 Å². The first-order chi connectivity index (χ1) is 41.9. The van der Waals surface area contributed by atoms with Crippen molar-refractivity contribution in [3.05, 3.63) is 0 Å². The molecule has 0 aromatic carbocycles. The molecule has 1 heterocycles. The number of ether oxygens (including phenoxy) is 2. The van der Waals surface area contributed by atoms with Crippen molar-refractivity contribution in [3.63, 3.8) is 0 Å². The van der Waals surface area contributed by atoms with Crippen LogP contribution in [0, 0.1) is 0 Å². The van der Waals surface area contributed by atoms with E-state index in [2.05, 4.69) is 19.2 Å². The van der Waals surface area contributed by atoms with Crippen LogP contribution in [0.3, 0.4) is 0 Å². The van der Waals surface area contributed by atoms with E-state index in [1.54, 1.807) is 0 Å². The van der Waals surface area contributed by atoms with E-state index < -0.39 is 157 Å². The van der Waals surface area contributed by atoms with Gasteiger partial charge in [0.25, 0.3) is 0 Å². The molecule has 20 atom stereocenters. The van der Waals surface area contributed by atoms with E-state index in [1.807, 2.05) is 0 Å². The summed E-state index contributed by atoms with van der Waals surface area (Å²) < 4.78 is 57.9. The van der Waals surface area contributed by atoms with Gasteiger partial charge in [0.2, 0.25) is 5.91 Å². The van der Waals surface area contributed by atoms with E-state index in [0.717, 1.165) is 64.2 Å². The van der Waals surface area contributed by atoms with Crippen LogP contribution in [0.4, 0.5) is 0 Å². The van der Waals surface area contributed by atoms with Crippen molar-refractivity contribution in [1.29, 1.82) is 0 Å². The van der Waals surface area contributed by atoms with Crippen LogP contribution >= 0.6 is 15.6 Å². The summed E-state index contributed by atoms with van der Waals surface area (Å²) in [5.41, 5.74) is 0. The number of amides is 1. The van der Waals surface area contributed by atoms with Crippen LogP contribution in [0.1, 0.15) is 239 Å². The number of unbranched alkanes of at least 4 members (excludes halogenated alkanes) is 31. The van der Waals surface area contributed by atoms with Gasteiger partial charge in [-0.3, -0.25) is 22.9 Å². The SMILES string of the molecule is CCCCCCCCCCCCCCCCCCCCCCC(O)C(=O)NC(COP(=O)(O)OC1C(O)C(O)C(O)C(O)C1OC1OC(COP(=O)(O)OC2C(O)C(O)C(O)C(O)C2O)C(O)C(O)C1O)C(O)CCCCCCCCCCCCCCC. The first kappa shape index (κ1) is 81.3. The maximum Gasteiger partial charge on any atom is 0.472 e. The smallest absolute Gasteiger partial charge is 0.391 e. The second-order valence-corrected chi connectivity index (χ2v) is 27.7. The average molecular weight is 1310 g/mol. The van der Waals surface area contributed by atoms with Gasteiger partial charge in [-0.25, -0.2) is 9.13 Å². The summed E-state index contributed by atoms with van der Waals surface area (Å²) >= 11 is 0. The lowest BCUT2D eigenvalue weighted by Gasteiger charge is -2.47. The Bertz CT molecular complexity index is 1890. The minimum atomic E-state index is -5.58. The predicted octanol–water partition coefficient (Wildman–Crippen LogP) is 4.36. The molecular weight excluding hydrogens is 1200 g/mol. The van der Waals surface area contributed by atoms with Gasteiger partial charge in [0.05, 0.1) is 25.4 Å². The molecule has 2 aliphatic carbocycles. The number of carbonyl (C=O) groups excluding carboxylic acids is 1. The second-order valence-electron chi connectivity index (χ2n) is 24.9. The normalized spacial score (nSPS) is 31.9. The topological polar surface area (TPSA) is 442 Å². The van der Waals surface area contributed by atoms with Crippen molar-refractivity contribution in [2.45, 2.75) is 361 Å². The zero-order valence-electron chi connectivity index (χ0n) is 52.4. The quantitative estimate of drug-likeness (QED) is 0.0297. The van der Waals surface area contributed by atoms with Gasteiger partial charge in [-0.15, -0.1) is 0 Å². The number of phosphoric acid groups is 2. The summed E-state index contributed by atoms with van der Waals surface area (Å²) in [6, 6.07) is -1.42. The number of aliphatic hydroxyl groups is 14. The number of hydrogen-bond acceptors (Lipinski definition) is 23. The maximum absolute atomic E-state index is 13.8. The van der Waals surface area contributed by atoms with Crippen LogP contribution < -0.4 is 5.32 Å². The average Bonchev–Trinajstić information content (AvgIpc) is 2.21. The summed E-state index contributed by atoms with van der Waals surface area (Å²) in [6.07, 6.45) is -3.04. The Morgan fingerprint density at radius 3 is 1.14 bits per heavy atom. The van der Waals surface area contributed by atoms with Gasteiger partial charge in [0.1, 0.15) is 104 Å². The largest absolute Gasteiger partial charge is 0.472 e. The molecule has 1 aliphatic heterocycles. The molecule has 3 rings (SSSR count). The summed E-state index contributed by atoms with van der Waals surface area (Å²) in [5.74, 6) is -0.875. The molecule has 20 unspecified atom stereocenters. The third-order valence-electron chi connectivity index (χ3n) is 17.4. The first-order valence-corrected chi connectivity index (χ1v) is 36.3. The molecular formula is C60H117NO25P2. The highest BCUT2D eigenvalue weighted by Crippen LogP contribution is 2.49. The number of rotatable bonds is 50. The number of aliphatic hydroxyl groups excluding tert-OH is 14. The van der Waals surface area contributed by atoms with Gasteiger partial charge in [-0.1, -0.05) is 226 Å². The van der Waals surface area contributed by atoms with E-state index in [1.165, 1.54) is 135 Å². The highest BCUT2D eigenvalue weighted by Gasteiger charge is 2.56. The van der Waals surface area contributed by atoms with Crippen molar-refractivity contribution in [2.75, 3.05) is 13.2 Å². The monoisotopic (exact) mass is 1310 g/mol.